The number of rotatable bonds is 17. The van der Waals surface area contributed by atoms with E-state index in [1.54, 1.807) is 12.1 Å². The van der Waals surface area contributed by atoms with Crippen molar-refractivity contribution < 1.29 is 29.3 Å². The molecule has 1 heterocycles. The third kappa shape index (κ3) is 11.6. The lowest BCUT2D eigenvalue weighted by molar-refractivity contribution is -0.253. The van der Waals surface area contributed by atoms with Gasteiger partial charge in [0, 0.05) is 44.0 Å². The average Bonchev–Trinajstić information content (AvgIpc) is 3.25. The number of amides is 2. The molecule has 57 heavy (non-hydrogen) atoms. The number of nitrogens with one attached hydrogen (secondary N) is 2. The highest BCUT2D eigenvalue weighted by Crippen LogP contribution is 2.39. The van der Waals surface area contributed by atoms with E-state index in [9.17, 15) is 19.8 Å². The number of nitrogens with two attached hydrogens (primary N) is 1. The van der Waals surface area contributed by atoms with Gasteiger partial charge in [-0.1, -0.05) is 109 Å². The van der Waals surface area contributed by atoms with Gasteiger partial charge in [0.1, 0.15) is 0 Å². The Hall–Kier alpha value is -5.36. The molecule has 5 aromatic rings. The van der Waals surface area contributed by atoms with Gasteiger partial charge in [0.25, 0.3) is 0 Å². The van der Waals surface area contributed by atoms with Gasteiger partial charge in [-0.25, -0.2) is 0 Å². The number of hydrogen-bond acceptors (Lipinski definition) is 8. The van der Waals surface area contributed by atoms with E-state index in [1.165, 1.54) is 0 Å². The summed E-state index contributed by atoms with van der Waals surface area (Å²) in [5.74, 6) is -0.177. The number of ether oxygens (including phenoxy) is 2. The molecule has 0 bridgehead atoms. The van der Waals surface area contributed by atoms with E-state index in [4.69, 9.17) is 15.2 Å². The van der Waals surface area contributed by atoms with Crippen LogP contribution in [0.3, 0.4) is 0 Å². The number of nitrogens with zero attached hydrogens (tertiary/aromatic N) is 1. The van der Waals surface area contributed by atoms with Gasteiger partial charge < -0.3 is 36.1 Å². The Kier molecular flexibility index (Phi) is 14.6. The third-order valence-corrected chi connectivity index (χ3v) is 10.6. The van der Waals surface area contributed by atoms with Crippen LogP contribution in [0.1, 0.15) is 85.3 Å². The summed E-state index contributed by atoms with van der Waals surface area (Å²) < 4.78 is 13.2. The molecule has 10 nitrogen and oxygen atoms in total. The van der Waals surface area contributed by atoms with Crippen molar-refractivity contribution in [2.75, 3.05) is 24.6 Å². The van der Waals surface area contributed by atoms with Gasteiger partial charge in [0.2, 0.25) is 11.8 Å². The van der Waals surface area contributed by atoms with Crippen molar-refractivity contribution in [2.24, 2.45) is 0 Å². The number of carbonyl (C=O) groups is 2. The zero-order valence-electron chi connectivity index (χ0n) is 32.7. The van der Waals surface area contributed by atoms with Crippen LogP contribution in [-0.4, -0.2) is 52.7 Å². The largest absolute Gasteiger partial charge is 0.397 e. The molecule has 1 aliphatic rings. The first-order chi connectivity index (χ1) is 27.7. The first kappa shape index (κ1) is 41.3. The summed E-state index contributed by atoms with van der Waals surface area (Å²) in [6.45, 7) is 3.00. The van der Waals surface area contributed by atoms with Crippen LogP contribution in [0.5, 0.6) is 0 Å². The summed E-state index contributed by atoms with van der Waals surface area (Å²) in [7, 11) is 2.01. The van der Waals surface area contributed by atoms with Crippen molar-refractivity contribution in [3.8, 4) is 11.1 Å². The van der Waals surface area contributed by atoms with E-state index in [0.717, 1.165) is 38.9 Å². The second kappa shape index (κ2) is 20.2. The maximum atomic E-state index is 12.6. The maximum absolute atomic E-state index is 12.6. The predicted octanol–water partition coefficient (Wildman–Crippen LogP) is 7.84. The monoisotopic (exact) mass is 770 g/mol. The third-order valence-electron chi connectivity index (χ3n) is 10.6. The van der Waals surface area contributed by atoms with E-state index in [-0.39, 0.29) is 36.7 Å². The molecule has 0 saturated carbocycles. The molecule has 6 N–H and O–H groups in total. The molecule has 0 radical (unpaired) electrons. The molecular formula is C47H54N4O6. The molecule has 0 spiro atoms. The fourth-order valence-electron chi connectivity index (χ4n) is 7.07. The van der Waals surface area contributed by atoms with Crippen molar-refractivity contribution >= 4 is 23.2 Å². The van der Waals surface area contributed by atoms with Crippen LogP contribution in [0.2, 0.25) is 0 Å². The van der Waals surface area contributed by atoms with Crippen LogP contribution in [0, 0.1) is 0 Å². The van der Waals surface area contributed by atoms with E-state index >= 15 is 0 Å². The Morgan fingerprint density at radius 1 is 0.789 bits per heavy atom. The number of para-hydroxylation sites is 2. The van der Waals surface area contributed by atoms with Gasteiger partial charge in [-0.05, 0) is 78.4 Å². The highest BCUT2D eigenvalue weighted by atomic mass is 16.7. The minimum atomic E-state index is -0.645. The van der Waals surface area contributed by atoms with Crippen molar-refractivity contribution in [1.29, 1.82) is 0 Å². The Bertz CT molecular complexity index is 2040. The van der Waals surface area contributed by atoms with Crippen LogP contribution >= 0.6 is 0 Å². The lowest BCUT2D eigenvalue weighted by Crippen LogP contribution is -2.43. The first-order valence-electron chi connectivity index (χ1n) is 19.7. The molecule has 6 rings (SSSR count). The minimum absolute atomic E-state index is 0.0218. The lowest BCUT2D eigenvalue weighted by Gasteiger charge is -2.39. The number of aliphatic hydroxyl groups is 2. The maximum Gasteiger partial charge on any atom is 0.224 e. The molecule has 10 heteroatoms. The molecule has 1 fully saturated rings. The smallest absolute Gasteiger partial charge is 0.224 e. The molecule has 5 aromatic carbocycles. The van der Waals surface area contributed by atoms with Gasteiger partial charge in [-0.2, -0.15) is 0 Å². The molecule has 1 aliphatic heterocycles. The average molecular weight is 771 g/mol. The fraction of sp³-hybridized carbons (Fsp3) is 0.319. The van der Waals surface area contributed by atoms with E-state index in [0.29, 0.717) is 56.6 Å². The highest BCUT2D eigenvalue weighted by Gasteiger charge is 2.34. The Morgan fingerprint density at radius 3 is 2.19 bits per heavy atom. The normalized spacial score (nSPS) is 17.8. The summed E-state index contributed by atoms with van der Waals surface area (Å²) in [4.78, 5) is 27.0. The van der Waals surface area contributed by atoms with Crippen LogP contribution in [0.15, 0.2) is 127 Å². The van der Waals surface area contributed by atoms with Gasteiger partial charge in [0.05, 0.1) is 36.3 Å². The zero-order chi connectivity index (χ0) is 40.1. The molecule has 0 aromatic heterocycles. The van der Waals surface area contributed by atoms with Crippen LogP contribution in [0.25, 0.3) is 11.1 Å². The van der Waals surface area contributed by atoms with Crippen molar-refractivity contribution in [3.63, 3.8) is 0 Å². The Balaban J connectivity index is 1.04. The van der Waals surface area contributed by atoms with E-state index in [1.807, 2.05) is 111 Å². The minimum Gasteiger partial charge on any atom is -0.397 e. The number of anilines is 2. The Labute approximate surface area is 335 Å². The van der Waals surface area contributed by atoms with Gasteiger partial charge in [0.15, 0.2) is 6.29 Å². The Morgan fingerprint density at radius 2 is 1.47 bits per heavy atom. The van der Waals surface area contributed by atoms with E-state index in [2.05, 4.69) is 33.7 Å². The van der Waals surface area contributed by atoms with Gasteiger partial charge in [-0.15, -0.1) is 0 Å². The van der Waals surface area contributed by atoms with E-state index < -0.39 is 12.4 Å². The number of carbonyl (C=O) groups excluding carboxylic acids is 2. The second-order valence-electron chi connectivity index (χ2n) is 14.8. The predicted molar refractivity (Wildman–Crippen MR) is 224 cm³/mol. The second-order valence-corrected chi connectivity index (χ2v) is 14.8. The molecule has 5 unspecified atom stereocenters. The SMILES string of the molecule is CC(C(O)c1ccccc1)N(C)CC1CC(c2ccc(CO)cc2)OC(c2ccc(-c3cccc(CNC(=O)CCCCC(=O)Nc4ccccc4N)c3)cc2)O1. The number of benzene rings is 5. The van der Waals surface area contributed by atoms with Gasteiger partial charge >= 0.3 is 0 Å². The first-order valence-corrected chi connectivity index (χ1v) is 19.7. The molecule has 298 valence electrons. The zero-order valence-corrected chi connectivity index (χ0v) is 32.7. The van der Waals surface area contributed by atoms with Crippen LogP contribution in [0.4, 0.5) is 11.4 Å². The summed E-state index contributed by atoms with van der Waals surface area (Å²) in [6.07, 6.45) is 0.846. The van der Waals surface area contributed by atoms with Crippen molar-refractivity contribution in [3.05, 3.63) is 155 Å². The highest BCUT2D eigenvalue weighted by molar-refractivity contribution is 5.93. The fourth-order valence-corrected chi connectivity index (χ4v) is 7.07. The lowest BCUT2D eigenvalue weighted by atomic mass is 9.98. The summed E-state index contributed by atoms with van der Waals surface area (Å²) in [5.41, 5.74) is 13.7. The topological polar surface area (TPSA) is 146 Å². The summed E-state index contributed by atoms with van der Waals surface area (Å²) >= 11 is 0. The van der Waals surface area contributed by atoms with Crippen LogP contribution < -0.4 is 16.4 Å². The van der Waals surface area contributed by atoms with Gasteiger partial charge in [-0.3, -0.25) is 14.5 Å². The molecule has 1 saturated heterocycles. The van der Waals surface area contributed by atoms with Crippen molar-refractivity contribution in [2.45, 2.75) is 82.8 Å². The standard InChI is InChI=1S/C47H54N4O6/c1-32(46(55)37-12-4-3-5-13-37)51(2)30-40-28-43(36-21-19-33(31-52)20-22-36)57-47(56-40)38-25-23-35(24-26-38)39-14-10-11-34(27-39)29-49-44(53)17-8-9-18-45(54)50-42-16-7-6-15-41(42)48/h3-7,10-16,19-27,32,40,43,46-47,52,55H,8-9,17-18,28-31,48H2,1-2H3,(H,49,53)(H,50,54). The van der Waals surface area contributed by atoms with Crippen LogP contribution in [-0.2, 0) is 32.2 Å². The number of nitrogen functional groups attached to an aromatic ring is 1. The molecule has 0 aliphatic carbocycles. The molecule has 5 atom stereocenters. The number of hydrogen-bond donors (Lipinski definition) is 5. The quantitative estimate of drug-likeness (QED) is 0.0475. The van der Waals surface area contributed by atoms with Crippen molar-refractivity contribution in [1.82, 2.24) is 10.2 Å². The summed E-state index contributed by atoms with van der Waals surface area (Å²) in [6, 6.07) is 40.8. The number of unbranched alkanes of at least 4 members (excludes halogenated alkanes) is 1. The molecular weight excluding hydrogens is 717 g/mol. The molecule has 2 amide bonds. The summed E-state index contributed by atoms with van der Waals surface area (Å²) in [5, 5.41) is 26.6. The number of likely N-dealkylation sites (N-methyl/N-ethyl adjacent to an activating group) is 1. The number of aliphatic hydroxyl groups excluding tert-OH is 2.